The molecule has 21 heavy (non-hydrogen) atoms. The molecule has 0 saturated carbocycles. The van der Waals surface area contributed by atoms with Gasteiger partial charge in [0.25, 0.3) is 0 Å². The van der Waals surface area contributed by atoms with Crippen LogP contribution < -0.4 is 0 Å². The zero-order chi connectivity index (χ0) is 16.6. The van der Waals surface area contributed by atoms with E-state index < -0.39 is 11.7 Å². The molecule has 0 aromatic heterocycles. The average Bonchev–Trinajstić information content (AvgIpc) is 2.25. The first-order valence-electron chi connectivity index (χ1n) is 7.34. The van der Waals surface area contributed by atoms with Gasteiger partial charge in [-0.3, -0.25) is 4.79 Å². The smallest absolute Gasteiger partial charge is 0.410 e. The molecular formula is C16H29NO4. The summed E-state index contributed by atoms with van der Waals surface area (Å²) in [6, 6.07) is 0. The van der Waals surface area contributed by atoms with Gasteiger partial charge >= 0.3 is 12.1 Å². The van der Waals surface area contributed by atoms with Crippen LogP contribution in [-0.2, 0) is 14.3 Å². The van der Waals surface area contributed by atoms with Crippen LogP contribution in [0.15, 0.2) is 11.6 Å². The van der Waals surface area contributed by atoms with Crippen molar-refractivity contribution in [3.63, 3.8) is 0 Å². The Morgan fingerprint density at radius 3 is 2.24 bits per heavy atom. The predicted octanol–water partition coefficient (Wildman–Crippen LogP) is 3.39. The van der Waals surface area contributed by atoms with Gasteiger partial charge < -0.3 is 14.4 Å². The van der Waals surface area contributed by atoms with Gasteiger partial charge in [0, 0.05) is 13.6 Å². The van der Waals surface area contributed by atoms with Crippen molar-refractivity contribution in [1.82, 2.24) is 4.90 Å². The van der Waals surface area contributed by atoms with Crippen LogP contribution >= 0.6 is 0 Å². The minimum Gasteiger partial charge on any atom is -0.466 e. The number of hydrogen-bond acceptors (Lipinski definition) is 4. The standard InChI is InChI=1S/C16H29NO4/c1-8-20-14(18)10-13(9-12(2)3)11-17(7)15(19)21-16(4,5)6/h9,12H,8,10-11H2,1-7H3/b13-9+. The van der Waals surface area contributed by atoms with Crippen molar-refractivity contribution >= 4 is 12.1 Å². The number of hydrogen-bond donors (Lipinski definition) is 0. The zero-order valence-corrected chi connectivity index (χ0v) is 14.4. The number of carbonyl (C=O) groups is 2. The van der Waals surface area contributed by atoms with Crippen LogP contribution in [0.5, 0.6) is 0 Å². The Morgan fingerprint density at radius 1 is 1.24 bits per heavy atom. The summed E-state index contributed by atoms with van der Waals surface area (Å²) in [5.41, 5.74) is 0.325. The van der Waals surface area contributed by atoms with E-state index in [1.807, 2.05) is 40.7 Å². The maximum atomic E-state index is 12.0. The van der Waals surface area contributed by atoms with Crippen molar-refractivity contribution in [2.24, 2.45) is 5.92 Å². The van der Waals surface area contributed by atoms with Crippen molar-refractivity contribution < 1.29 is 19.1 Å². The summed E-state index contributed by atoms with van der Waals surface area (Å²) in [5, 5.41) is 0. The van der Waals surface area contributed by atoms with Crippen molar-refractivity contribution in [3.8, 4) is 0 Å². The third-order valence-electron chi connectivity index (χ3n) is 2.39. The molecule has 0 radical (unpaired) electrons. The number of amides is 1. The van der Waals surface area contributed by atoms with Gasteiger partial charge in [0.1, 0.15) is 5.60 Å². The largest absolute Gasteiger partial charge is 0.466 e. The SMILES string of the molecule is CCOC(=O)C/C(=C\C(C)C)CN(C)C(=O)OC(C)(C)C. The van der Waals surface area contributed by atoms with Gasteiger partial charge in [-0.25, -0.2) is 4.79 Å². The minimum atomic E-state index is -0.533. The van der Waals surface area contributed by atoms with Crippen LogP contribution in [-0.4, -0.2) is 42.8 Å². The molecule has 0 aliphatic carbocycles. The van der Waals surface area contributed by atoms with Crippen molar-refractivity contribution in [2.45, 2.75) is 53.6 Å². The predicted molar refractivity (Wildman–Crippen MR) is 83.0 cm³/mol. The number of likely N-dealkylation sites (N-methyl/N-ethyl adjacent to an activating group) is 1. The lowest BCUT2D eigenvalue weighted by atomic mass is 10.1. The molecule has 5 heteroatoms. The van der Waals surface area contributed by atoms with Gasteiger partial charge in [-0.1, -0.05) is 19.9 Å². The normalized spacial score (nSPS) is 12.3. The Labute approximate surface area is 128 Å². The highest BCUT2D eigenvalue weighted by molar-refractivity contribution is 5.73. The van der Waals surface area contributed by atoms with Crippen LogP contribution in [0.1, 0.15) is 48.0 Å². The maximum absolute atomic E-state index is 12.0. The second-order valence-electron chi connectivity index (χ2n) is 6.39. The fraction of sp³-hybridized carbons (Fsp3) is 0.750. The topological polar surface area (TPSA) is 55.8 Å². The summed E-state index contributed by atoms with van der Waals surface area (Å²) in [5.74, 6) is 0.0171. The number of nitrogens with zero attached hydrogens (tertiary/aromatic N) is 1. The molecule has 0 fully saturated rings. The van der Waals surface area contributed by atoms with E-state index in [-0.39, 0.29) is 12.4 Å². The molecule has 1 amide bonds. The van der Waals surface area contributed by atoms with Gasteiger partial charge in [0.05, 0.1) is 13.0 Å². The Hall–Kier alpha value is -1.52. The van der Waals surface area contributed by atoms with E-state index in [0.29, 0.717) is 19.1 Å². The van der Waals surface area contributed by atoms with E-state index in [0.717, 1.165) is 5.57 Å². The van der Waals surface area contributed by atoms with Gasteiger partial charge in [-0.15, -0.1) is 0 Å². The molecule has 5 nitrogen and oxygen atoms in total. The first kappa shape index (κ1) is 19.5. The summed E-state index contributed by atoms with van der Waals surface area (Å²) in [6.45, 7) is 12.0. The van der Waals surface area contributed by atoms with E-state index >= 15 is 0 Å². The zero-order valence-electron chi connectivity index (χ0n) is 14.4. The number of ether oxygens (including phenoxy) is 2. The van der Waals surface area contributed by atoms with Crippen LogP contribution in [0.2, 0.25) is 0 Å². The fourth-order valence-electron chi connectivity index (χ4n) is 1.75. The molecule has 0 aliphatic rings. The molecule has 0 aliphatic heterocycles. The monoisotopic (exact) mass is 299 g/mol. The summed E-state index contributed by atoms with van der Waals surface area (Å²) < 4.78 is 10.3. The first-order valence-corrected chi connectivity index (χ1v) is 7.34. The number of esters is 1. The van der Waals surface area contributed by atoms with Crippen LogP contribution in [0.25, 0.3) is 0 Å². The lowest BCUT2D eigenvalue weighted by molar-refractivity contribution is -0.142. The van der Waals surface area contributed by atoms with E-state index in [2.05, 4.69) is 0 Å². The van der Waals surface area contributed by atoms with Crippen molar-refractivity contribution in [1.29, 1.82) is 0 Å². The van der Waals surface area contributed by atoms with Gasteiger partial charge in [-0.05, 0) is 39.2 Å². The van der Waals surface area contributed by atoms with Crippen LogP contribution in [0.4, 0.5) is 4.79 Å². The van der Waals surface area contributed by atoms with Gasteiger partial charge in [0.15, 0.2) is 0 Å². The summed E-state index contributed by atoms with van der Waals surface area (Å²) in [6.07, 6.45) is 1.78. The Morgan fingerprint density at radius 2 is 1.81 bits per heavy atom. The third-order valence-corrected chi connectivity index (χ3v) is 2.39. The Kier molecular flexibility index (Phi) is 8.07. The first-order chi connectivity index (χ1) is 9.55. The molecular weight excluding hydrogens is 270 g/mol. The average molecular weight is 299 g/mol. The Bertz CT molecular complexity index is 380. The highest BCUT2D eigenvalue weighted by atomic mass is 16.6. The Balaban J connectivity index is 4.74. The molecule has 0 atom stereocenters. The lowest BCUT2D eigenvalue weighted by Crippen LogP contribution is -2.35. The highest BCUT2D eigenvalue weighted by Crippen LogP contribution is 2.13. The number of carbonyl (C=O) groups excluding carboxylic acids is 2. The van der Waals surface area contributed by atoms with Crippen molar-refractivity contribution in [3.05, 3.63) is 11.6 Å². The highest BCUT2D eigenvalue weighted by Gasteiger charge is 2.21. The molecule has 0 aromatic carbocycles. The van der Waals surface area contributed by atoms with Gasteiger partial charge in [0.2, 0.25) is 0 Å². The van der Waals surface area contributed by atoms with E-state index in [4.69, 9.17) is 9.47 Å². The molecule has 0 heterocycles. The second kappa shape index (κ2) is 8.70. The van der Waals surface area contributed by atoms with Crippen LogP contribution in [0, 0.1) is 5.92 Å². The molecule has 0 unspecified atom stereocenters. The minimum absolute atomic E-state index is 0.194. The number of rotatable bonds is 6. The molecule has 0 spiro atoms. The van der Waals surface area contributed by atoms with Crippen molar-refractivity contribution in [2.75, 3.05) is 20.2 Å². The number of allylic oxidation sites excluding steroid dienone is 1. The van der Waals surface area contributed by atoms with E-state index in [1.165, 1.54) is 4.90 Å². The molecule has 0 bridgehead atoms. The summed E-state index contributed by atoms with van der Waals surface area (Å²) in [7, 11) is 1.66. The molecule has 122 valence electrons. The van der Waals surface area contributed by atoms with E-state index in [1.54, 1.807) is 14.0 Å². The molecule has 0 aromatic rings. The lowest BCUT2D eigenvalue weighted by Gasteiger charge is -2.25. The van der Waals surface area contributed by atoms with E-state index in [9.17, 15) is 9.59 Å². The third kappa shape index (κ3) is 9.93. The fourth-order valence-corrected chi connectivity index (χ4v) is 1.75. The molecule has 0 saturated heterocycles. The summed E-state index contributed by atoms with van der Waals surface area (Å²) in [4.78, 5) is 25.0. The second-order valence-corrected chi connectivity index (χ2v) is 6.39. The molecule has 0 rings (SSSR count). The maximum Gasteiger partial charge on any atom is 0.410 e. The quantitative estimate of drug-likeness (QED) is 0.557. The molecule has 0 N–H and O–H groups in total. The van der Waals surface area contributed by atoms with Gasteiger partial charge in [-0.2, -0.15) is 0 Å². The van der Waals surface area contributed by atoms with Crippen LogP contribution in [0.3, 0.4) is 0 Å². The summed E-state index contributed by atoms with van der Waals surface area (Å²) >= 11 is 0.